The quantitative estimate of drug-likeness (QED) is 0.510. The summed E-state index contributed by atoms with van der Waals surface area (Å²) in [6, 6.07) is 15.8. The second-order valence-corrected chi connectivity index (χ2v) is 7.68. The number of ether oxygens (including phenoxy) is 1. The van der Waals surface area contributed by atoms with Crippen LogP contribution in [0.5, 0.6) is 0 Å². The minimum absolute atomic E-state index is 0.0651. The van der Waals surface area contributed by atoms with E-state index in [0.29, 0.717) is 12.2 Å². The van der Waals surface area contributed by atoms with E-state index in [2.05, 4.69) is 54.2 Å². The molecule has 0 saturated heterocycles. The van der Waals surface area contributed by atoms with E-state index in [4.69, 9.17) is 4.74 Å². The first-order valence-corrected chi connectivity index (χ1v) is 9.11. The van der Waals surface area contributed by atoms with E-state index in [-0.39, 0.29) is 11.4 Å². The smallest absolute Gasteiger partial charge is 0.340 e. The topological polar surface area (TPSA) is 38.3 Å². The van der Waals surface area contributed by atoms with Gasteiger partial charge in [-0.25, -0.2) is 4.79 Å². The number of anilines is 1. The second-order valence-electron chi connectivity index (χ2n) is 6.76. The molecule has 2 rings (SSSR count). The number of hydrogen-bond acceptors (Lipinski definition) is 3. The largest absolute Gasteiger partial charge is 0.462 e. The van der Waals surface area contributed by atoms with Crippen molar-refractivity contribution in [2.75, 3.05) is 11.9 Å². The van der Waals surface area contributed by atoms with Crippen LogP contribution in [-0.4, -0.2) is 12.6 Å². The molecule has 0 aliphatic rings. The number of esters is 1. The maximum Gasteiger partial charge on any atom is 0.340 e. The summed E-state index contributed by atoms with van der Waals surface area (Å²) in [5.74, 6) is -0.347. The van der Waals surface area contributed by atoms with Crippen molar-refractivity contribution < 1.29 is 9.53 Å². The Kier molecular flexibility index (Phi) is 6.43. The number of hydrogen-bond donors (Lipinski definition) is 1. The number of carbonyl (C=O) groups excluding carboxylic acids is 1. The van der Waals surface area contributed by atoms with Gasteiger partial charge in [-0.15, -0.1) is 0 Å². The Hall–Kier alpha value is -2.07. The van der Waals surface area contributed by atoms with Gasteiger partial charge in [-0.3, -0.25) is 0 Å². The Balaban J connectivity index is 2.33. The summed E-state index contributed by atoms with van der Waals surface area (Å²) in [6.07, 6.45) is 1.71. The lowest BCUT2D eigenvalue weighted by Crippen LogP contribution is -2.11. The highest BCUT2D eigenvalue weighted by atomic mass is 79.9. The monoisotopic (exact) mass is 401 g/mol. The molecule has 0 aromatic heterocycles. The van der Waals surface area contributed by atoms with Crippen LogP contribution in [0.15, 0.2) is 59.2 Å². The van der Waals surface area contributed by atoms with Gasteiger partial charge in [-0.05, 0) is 47.7 Å². The van der Waals surface area contributed by atoms with Crippen molar-refractivity contribution in [3.63, 3.8) is 0 Å². The highest BCUT2D eigenvalue weighted by Crippen LogP contribution is 2.25. The fourth-order valence-corrected chi connectivity index (χ4v) is 2.76. The summed E-state index contributed by atoms with van der Waals surface area (Å²) in [7, 11) is 0. The predicted molar refractivity (Wildman–Crippen MR) is 108 cm³/mol. The molecule has 0 radical (unpaired) electrons. The van der Waals surface area contributed by atoms with Crippen LogP contribution >= 0.6 is 15.9 Å². The van der Waals surface area contributed by atoms with Gasteiger partial charge in [-0.1, -0.05) is 61.0 Å². The van der Waals surface area contributed by atoms with Gasteiger partial charge < -0.3 is 10.1 Å². The van der Waals surface area contributed by atoms with Crippen molar-refractivity contribution in [1.82, 2.24) is 0 Å². The molecule has 25 heavy (non-hydrogen) atoms. The van der Waals surface area contributed by atoms with Crippen LogP contribution in [0.4, 0.5) is 5.69 Å². The van der Waals surface area contributed by atoms with Crippen LogP contribution in [0.2, 0.25) is 0 Å². The third-order valence-corrected chi connectivity index (χ3v) is 4.24. The summed E-state index contributed by atoms with van der Waals surface area (Å²) in [5.41, 5.74) is 3.52. The van der Waals surface area contributed by atoms with Crippen molar-refractivity contribution in [3.05, 3.63) is 70.3 Å². The molecule has 132 valence electrons. The van der Waals surface area contributed by atoms with Gasteiger partial charge in [-0.2, -0.15) is 0 Å². The van der Waals surface area contributed by atoms with Gasteiger partial charge in [0.25, 0.3) is 0 Å². The molecule has 2 aromatic rings. The van der Waals surface area contributed by atoms with Crippen LogP contribution in [0.3, 0.4) is 0 Å². The Morgan fingerprint density at radius 1 is 1.16 bits per heavy atom. The lowest BCUT2D eigenvalue weighted by atomic mass is 9.87. The molecule has 0 aliphatic heterocycles. The van der Waals surface area contributed by atoms with E-state index in [1.165, 1.54) is 5.56 Å². The van der Waals surface area contributed by atoms with Crippen LogP contribution in [0.25, 0.3) is 5.57 Å². The van der Waals surface area contributed by atoms with Crippen molar-refractivity contribution in [1.29, 1.82) is 0 Å². The van der Waals surface area contributed by atoms with Crippen molar-refractivity contribution in [2.24, 2.45) is 0 Å². The zero-order chi connectivity index (χ0) is 18.4. The lowest BCUT2D eigenvalue weighted by molar-refractivity contribution is -0.136. The molecule has 0 unspecified atom stereocenters. The summed E-state index contributed by atoms with van der Waals surface area (Å²) < 4.78 is 6.11. The van der Waals surface area contributed by atoms with Crippen LogP contribution in [0, 0.1) is 0 Å². The molecule has 0 bridgehead atoms. The Morgan fingerprint density at radius 3 is 2.52 bits per heavy atom. The fraction of sp³-hybridized carbons (Fsp3) is 0.286. The number of benzene rings is 2. The maximum atomic E-state index is 12.4. The van der Waals surface area contributed by atoms with Gasteiger partial charge in [0, 0.05) is 16.4 Å². The summed E-state index contributed by atoms with van der Waals surface area (Å²) >= 11 is 3.45. The first kappa shape index (κ1) is 19.3. The molecule has 4 heteroatoms. The Bertz CT molecular complexity index is 775. The molecular weight excluding hydrogens is 378 g/mol. The van der Waals surface area contributed by atoms with Gasteiger partial charge >= 0.3 is 5.97 Å². The van der Waals surface area contributed by atoms with Crippen molar-refractivity contribution in [3.8, 4) is 0 Å². The van der Waals surface area contributed by atoms with E-state index in [1.54, 1.807) is 13.1 Å². The van der Waals surface area contributed by atoms with E-state index >= 15 is 0 Å². The Morgan fingerprint density at radius 2 is 1.88 bits per heavy atom. The molecule has 0 aliphatic carbocycles. The molecule has 2 aromatic carbocycles. The molecule has 3 nitrogen and oxygen atoms in total. The van der Waals surface area contributed by atoms with E-state index in [9.17, 15) is 4.79 Å². The molecular formula is C21H24BrNO2. The molecule has 0 fully saturated rings. The molecule has 0 spiro atoms. The third-order valence-electron chi connectivity index (χ3n) is 3.74. The third kappa shape index (κ3) is 5.46. The van der Waals surface area contributed by atoms with Gasteiger partial charge in [0.05, 0.1) is 12.2 Å². The number of carbonyl (C=O) groups is 1. The van der Waals surface area contributed by atoms with Crippen LogP contribution < -0.4 is 5.32 Å². The second kappa shape index (κ2) is 8.34. The number of rotatable bonds is 5. The Labute approximate surface area is 158 Å². The predicted octanol–water partition coefficient (Wildman–Crippen LogP) is 5.76. The zero-order valence-electron chi connectivity index (χ0n) is 15.1. The van der Waals surface area contributed by atoms with Crippen LogP contribution in [-0.2, 0) is 14.9 Å². The molecule has 1 N–H and O–H groups in total. The summed E-state index contributed by atoms with van der Waals surface area (Å²) in [5, 5.41) is 3.24. The maximum absolute atomic E-state index is 12.4. The van der Waals surface area contributed by atoms with Gasteiger partial charge in [0.15, 0.2) is 0 Å². The highest BCUT2D eigenvalue weighted by Gasteiger charge is 2.15. The zero-order valence-corrected chi connectivity index (χ0v) is 16.7. The van der Waals surface area contributed by atoms with E-state index in [0.717, 1.165) is 15.7 Å². The molecule has 0 heterocycles. The highest BCUT2D eigenvalue weighted by molar-refractivity contribution is 9.10. The van der Waals surface area contributed by atoms with Gasteiger partial charge in [0.2, 0.25) is 0 Å². The average molecular weight is 402 g/mol. The number of halogens is 1. The molecule has 0 saturated carbocycles. The standard InChI is InChI=1S/C21H24BrNO2/c1-5-25-20(24)19(15-8-6-10-17(22)12-15)14-23-18-11-7-9-16(13-18)21(2,3)4/h6-14,23H,5H2,1-4H3/b19-14-. The minimum Gasteiger partial charge on any atom is -0.462 e. The fourth-order valence-electron chi connectivity index (χ4n) is 2.36. The SMILES string of the molecule is CCOC(=O)/C(=C\Nc1cccc(C(C)(C)C)c1)c1cccc(Br)c1. The van der Waals surface area contributed by atoms with E-state index in [1.807, 2.05) is 36.4 Å². The minimum atomic E-state index is -0.347. The summed E-state index contributed by atoms with van der Waals surface area (Å²) in [6.45, 7) is 8.66. The van der Waals surface area contributed by atoms with Crippen LogP contribution in [0.1, 0.15) is 38.8 Å². The van der Waals surface area contributed by atoms with Crippen molar-refractivity contribution in [2.45, 2.75) is 33.1 Å². The average Bonchev–Trinajstić information content (AvgIpc) is 2.55. The van der Waals surface area contributed by atoms with E-state index < -0.39 is 0 Å². The van der Waals surface area contributed by atoms with Crippen molar-refractivity contribution >= 4 is 33.2 Å². The van der Waals surface area contributed by atoms with Gasteiger partial charge in [0.1, 0.15) is 0 Å². The summed E-state index contributed by atoms with van der Waals surface area (Å²) in [4.78, 5) is 12.4. The normalized spacial score (nSPS) is 12.0. The lowest BCUT2D eigenvalue weighted by Gasteiger charge is -2.19. The first-order chi connectivity index (χ1) is 11.8. The molecule has 0 atom stereocenters. The molecule has 0 amide bonds. The number of nitrogens with one attached hydrogen (secondary N) is 1. The first-order valence-electron chi connectivity index (χ1n) is 8.31.